The summed E-state index contributed by atoms with van der Waals surface area (Å²) < 4.78 is 15.9. The van der Waals surface area contributed by atoms with Gasteiger partial charge in [-0.1, -0.05) is 23.4 Å². The van der Waals surface area contributed by atoms with Crippen LogP contribution in [0.25, 0.3) is 11.0 Å². The molecule has 0 fully saturated rings. The molecule has 0 bridgehead atoms. The van der Waals surface area contributed by atoms with E-state index in [0.29, 0.717) is 30.2 Å². The summed E-state index contributed by atoms with van der Waals surface area (Å²) in [6.07, 6.45) is 0.177. The van der Waals surface area contributed by atoms with Crippen molar-refractivity contribution in [2.24, 2.45) is 0 Å². The number of carbonyl (C=O) groups is 1. The largest absolute Gasteiger partial charge is 0.497 e. The number of benzene rings is 2. The van der Waals surface area contributed by atoms with Crippen molar-refractivity contribution in [3.8, 4) is 11.5 Å². The lowest BCUT2D eigenvalue weighted by atomic mass is 10.2. The van der Waals surface area contributed by atoms with E-state index in [4.69, 9.17) is 14.0 Å². The molecular weight excluding hydrogens is 308 g/mol. The van der Waals surface area contributed by atoms with Gasteiger partial charge in [-0.2, -0.15) is 0 Å². The number of nitrogens with one attached hydrogen (secondary N) is 1. The first-order valence-corrected chi connectivity index (χ1v) is 7.63. The van der Waals surface area contributed by atoms with Gasteiger partial charge >= 0.3 is 0 Å². The van der Waals surface area contributed by atoms with Crippen LogP contribution in [0.3, 0.4) is 0 Å². The molecular formula is C18H18N2O4. The van der Waals surface area contributed by atoms with E-state index in [0.717, 1.165) is 11.1 Å². The van der Waals surface area contributed by atoms with Crippen molar-refractivity contribution < 1.29 is 18.8 Å². The Morgan fingerprint density at radius 1 is 1.17 bits per heavy atom. The number of para-hydroxylation sites is 1. The summed E-state index contributed by atoms with van der Waals surface area (Å²) in [5.41, 5.74) is 1.32. The zero-order valence-electron chi connectivity index (χ0n) is 13.3. The van der Waals surface area contributed by atoms with Gasteiger partial charge in [-0.25, -0.2) is 0 Å². The number of methoxy groups -OCH3 is 1. The Balaban J connectivity index is 1.46. The van der Waals surface area contributed by atoms with E-state index in [-0.39, 0.29) is 12.3 Å². The summed E-state index contributed by atoms with van der Waals surface area (Å²) in [5.74, 6) is 1.31. The van der Waals surface area contributed by atoms with Crippen LogP contribution in [0, 0.1) is 0 Å². The second-order valence-electron chi connectivity index (χ2n) is 5.18. The molecule has 1 N–H and O–H groups in total. The summed E-state index contributed by atoms with van der Waals surface area (Å²) in [5, 5.41) is 7.62. The molecule has 1 amide bonds. The Morgan fingerprint density at radius 2 is 2.00 bits per heavy atom. The van der Waals surface area contributed by atoms with Crippen LogP contribution in [0.2, 0.25) is 0 Å². The van der Waals surface area contributed by atoms with Gasteiger partial charge in [0, 0.05) is 11.5 Å². The van der Waals surface area contributed by atoms with Gasteiger partial charge in [0.25, 0.3) is 0 Å². The number of ether oxygens (including phenoxy) is 2. The normalized spacial score (nSPS) is 10.5. The van der Waals surface area contributed by atoms with Crippen molar-refractivity contribution in [1.29, 1.82) is 0 Å². The van der Waals surface area contributed by atoms with Crippen LogP contribution in [0.5, 0.6) is 11.5 Å². The molecule has 0 spiro atoms. The van der Waals surface area contributed by atoms with Crippen LogP contribution in [0.1, 0.15) is 5.69 Å². The molecule has 0 saturated carbocycles. The number of carbonyl (C=O) groups excluding carboxylic acids is 1. The number of hydrogen-bond acceptors (Lipinski definition) is 5. The minimum atomic E-state index is -0.122. The highest BCUT2D eigenvalue weighted by Gasteiger charge is 2.11. The van der Waals surface area contributed by atoms with Crippen molar-refractivity contribution in [2.75, 3.05) is 20.3 Å². The fourth-order valence-electron chi connectivity index (χ4n) is 2.33. The van der Waals surface area contributed by atoms with Crippen LogP contribution in [-0.2, 0) is 11.2 Å². The molecule has 2 aromatic carbocycles. The van der Waals surface area contributed by atoms with E-state index < -0.39 is 0 Å². The van der Waals surface area contributed by atoms with Gasteiger partial charge in [-0.05, 0) is 24.3 Å². The molecule has 0 radical (unpaired) electrons. The van der Waals surface area contributed by atoms with Crippen molar-refractivity contribution in [2.45, 2.75) is 6.42 Å². The topological polar surface area (TPSA) is 73.6 Å². The molecule has 3 rings (SSSR count). The molecule has 3 aromatic rings. The lowest BCUT2D eigenvalue weighted by molar-refractivity contribution is -0.120. The summed E-state index contributed by atoms with van der Waals surface area (Å²) in [7, 11) is 1.60. The molecule has 1 heterocycles. The maximum Gasteiger partial charge on any atom is 0.226 e. The highest BCUT2D eigenvalue weighted by Crippen LogP contribution is 2.19. The minimum absolute atomic E-state index is 0.122. The fraction of sp³-hybridized carbons (Fsp3) is 0.222. The molecule has 0 saturated heterocycles. The molecule has 6 heteroatoms. The Hall–Kier alpha value is -3.02. The maximum atomic E-state index is 12.0. The summed E-state index contributed by atoms with van der Waals surface area (Å²) >= 11 is 0. The van der Waals surface area contributed by atoms with Crippen molar-refractivity contribution >= 4 is 16.9 Å². The molecule has 1 aromatic heterocycles. The van der Waals surface area contributed by atoms with Crippen LogP contribution in [-0.4, -0.2) is 31.3 Å². The Bertz CT molecular complexity index is 829. The molecule has 0 aliphatic rings. The SMILES string of the molecule is COc1cccc(OCCNC(=O)Cc2noc3ccccc23)c1. The zero-order valence-corrected chi connectivity index (χ0v) is 13.3. The van der Waals surface area contributed by atoms with Gasteiger partial charge in [-0.3, -0.25) is 4.79 Å². The van der Waals surface area contributed by atoms with Crippen molar-refractivity contribution in [1.82, 2.24) is 10.5 Å². The number of rotatable bonds is 7. The monoisotopic (exact) mass is 326 g/mol. The number of amides is 1. The van der Waals surface area contributed by atoms with Gasteiger partial charge in [0.2, 0.25) is 5.91 Å². The second kappa shape index (κ2) is 7.50. The first-order valence-electron chi connectivity index (χ1n) is 7.63. The Morgan fingerprint density at radius 3 is 2.88 bits per heavy atom. The lowest BCUT2D eigenvalue weighted by Crippen LogP contribution is -2.29. The number of hydrogen-bond donors (Lipinski definition) is 1. The van der Waals surface area contributed by atoms with Crippen LogP contribution < -0.4 is 14.8 Å². The smallest absolute Gasteiger partial charge is 0.226 e. The van der Waals surface area contributed by atoms with E-state index in [2.05, 4.69) is 10.5 Å². The van der Waals surface area contributed by atoms with Crippen LogP contribution >= 0.6 is 0 Å². The van der Waals surface area contributed by atoms with E-state index in [1.165, 1.54) is 0 Å². The molecule has 24 heavy (non-hydrogen) atoms. The second-order valence-corrected chi connectivity index (χ2v) is 5.18. The summed E-state index contributed by atoms with van der Waals surface area (Å²) in [4.78, 5) is 12.0. The molecule has 0 aliphatic carbocycles. The van der Waals surface area contributed by atoms with Gasteiger partial charge in [0.1, 0.15) is 23.8 Å². The number of fused-ring (bicyclic) bond motifs is 1. The van der Waals surface area contributed by atoms with Gasteiger partial charge in [0.15, 0.2) is 5.58 Å². The lowest BCUT2D eigenvalue weighted by Gasteiger charge is -2.08. The fourth-order valence-corrected chi connectivity index (χ4v) is 2.33. The third-order valence-corrected chi connectivity index (χ3v) is 3.51. The van der Waals surface area contributed by atoms with Crippen LogP contribution in [0.15, 0.2) is 53.1 Å². The van der Waals surface area contributed by atoms with Crippen molar-refractivity contribution in [3.05, 3.63) is 54.2 Å². The molecule has 0 aliphatic heterocycles. The highest BCUT2D eigenvalue weighted by molar-refractivity contribution is 5.86. The van der Waals surface area contributed by atoms with Crippen molar-refractivity contribution in [3.63, 3.8) is 0 Å². The first kappa shape index (κ1) is 15.9. The first-order chi connectivity index (χ1) is 11.8. The van der Waals surface area contributed by atoms with Gasteiger partial charge in [0.05, 0.1) is 20.1 Å². The highest BCUT2D eigenvalue weighted by atomic mass is 16.5. The standard InChI is InChI=1S/C18H18N2O4/c1-22-13-5-4-6-14(11-13)23-10-9-19-18(21)12-16-15-7-2-3-8-17(15)24-20-16/h2-8,11H,9-10,12H2,1H3,(H,19,21). The molecule has 0 atom stereocenters. The third kappa shape index (κ3) is 3.84. The predicted molar refractivity (Wildman–Crippen MR) is 89.2 cm³/mol. The summed E-state index contributed by atoms with van der Waals surface area (Å²) in [6.45, 7) is 0.782. The minimum Gasteiger partial charge on any atom is -0.497 e. The Labute approximate surface area is 139 Å². The van der Waals surface area contributed by atoms with E-state index >= 15 is 0 Å². The molecule has 124 valence electrons. The predicted octanol–water partition coefficient (Wildman–Crippen LogP) is 2.57. The average molecular weight is 326 g/mol. The zero-order chi connectivity index (χ0) is 16.8. The maximum absolute atomic E-state index is 12.0. The quantitative estimate of drug-likeness (QED) is 0.676. The van der Waals surface area contributed by atoms with Gasteiger partial charge < -0.3 is 19.3 Å². The number of nitrogens with zero attached hydrogens (tertiary/aromatic N) is 1. The van der Waals surface area contributed by atoms with E-state index in [9.17, 15) is 4.79 Å². The van der Waals surface area contributed by atoms with Crippen LogP contribution in [0.4, 0.5) is 0 Å². The van der Waals surface area contributed by atoms with Gasteiger partial charge in [-0.15, -0.1) is 0 Å². The molecule has 0 unspecified atom stereocenters. The van der Waals surface area contributed by atoms with E-state index in [1.807, 2.05) is 42.5 Å². The summed E-state index contributed by atoms with van der Waals surface area (Å²) in [6, 6.07) is 14.8. The average Bonchev–Trinajstić information content (AvgIpc) is 3.02. The third-order valence-electron chi connectivity index (χ3n) is 3.51. The number of aromatic nitrogens is 1. The molecule has 6 nitrogen and oxygen atoms in total. The van der Waals surface area contributed by atoms with E-state index in [1.54, 1.807) is 13.2 Å². The Kier molecular flexibility index (Phi) is 4.96.